The minimum atomic E-state index is -0.634. The van der Waals surface area contributed by atoms with E-state index in [1.807, 2.05) is 0 Å². The van der Waals surface area contributed by atoms with Gasteiger partial charge < -0.3 is 14.2 Å². The first kappa shape index (κ1) is 10.4. The Bertz CT molecular complexity index is 124. The zero-order valence-electron chi connectivity index (χ0n) is 7.29. The predicted octanol–water partition coefficient (Wildman–Crippen LogP) is 0.209. The minimum absolute atomic E-state index is 0.285. The number of methoxy groups -OCH3 is 3. The molecule has 0 saturated carbocycles. The fourth-order valence-electron chi connectivity index (χ4n) is 0.719. The van der Waals surface area contributed by atoms with Crippen molar-refractivity contribution < 1.29 is 19.0 Å². The molecule has 0 amide bonds. The van der Waals surface area contributed by atoms with E-state index in [0.29, 0.717) is 0 Å². The Balaban J connectivity index is 4.03. The molecular formula is C7H14O4. The average Bonchev–Trinajstić information content (AvgIpc) is 2.05. The van der Waals surface area contributed by atoms with Crippen LogP contribution in [0.5, 0.6) is 0 Å². The Kier molecular flexibility index (Phi) is 4.81. The Morgan fingerprint density at radius 1 is 1.18 bits per heavy atom. The van der Waals surface area contributed by atoms with Gasteiger partial charge in [-0.05, 0) is 6.92 Å². The normalized spacial score (nSPS) is 15.6. The monoisotopic (exact) mass is 162 g/mol. The third-order valence-corrected chi connectivity index (χ3v) is 1.49. The number of hydrogen-bond donors (Lipinski definition) is 0. The zero-order valence-corrected chi connectivity index (χ0v) is 7.29. The number of carbonyl (C=O) groups is 1. The summed E-state index contributed by atoms with van der Waals surface area (Å²) in [5.41, 5.74) is 0. The van der Waals surface area contributed by atoms with Gasteiger partial charge in [0.15, 0.2) is 6.10 Å². The van der Waals surface area contributed by atoms with E-state index in [4.69, 9.17) is 9.47 Å². The molecule has 0 aromatic rings. The van der Waals surface area contributed by atoms with Crippen LogP contribution in [0.2, 0.25) is 0 Å². The lowest BCUT2D eigenvalue weighted by Gasteiger charge is -2.18. The summed E-state index contributed by atoms with van der Waals surface area (Å²) in [6.07, 6.45) is -0.919. The molecule has 0 aliphatic carbocycles. The van der Waals surface area contributed by atoms with Crippen LogP contribution in [0.15, 0.2) is 0 Å². The van der Waals surface area contributed by atoms with Gasteiger partial charge in [0.25, 0.3) is 0 Å². The molecule has 0 bridgehead atoms. The summed E-state index contributed by atoms with van der Waals surface area (Å²) in [4.78, 5) is 10.9. The molecule has 0 rings (SSSR count). The van der Waals surface area contributed by atoms with Crippen LogP contribution in [0.1, 0.15) is 6.92 Å². The zero-order chi connectivity index (χ0) is 8.85. The largest absolute Gasteiger partial charge is 0.467 e. The van der Waals surface area contributed by atoms with Crippen molar-refractivity contribution in [3.63, 3.8) is 0 Å². The third kappa shape index (κ3) is 2.86. The lowest BCUT2D eigenvalue weighted by atomic mass is 10.2. The molecule has 2 unspecified atom stereocenters. The van der Waals surface area contributed by atoms with Crippen molar-refractivity contribution in [3.05, 3.63) is 0 Å². The minimum Gasteiger partial charge on any atom is -0.467 e. The van der Waals surface area contributed by atoms with Crippen molar-refractivity contribution in [2.75, 3.05) is 21.3 Å². The van der Waals surface area contributed by atoms with Crippen molar-refractivity contribution in [1.82, 2.24) is 0 Å². The smallest absolute Gasteiger partial charge is 0.337 e. The van der Waals surface area contributed by atoms with Crippen LogP contribution >= 0.6 is 0 Å². The van der Waals surface area contributed by atoms with Crippen LogP contribution in [-0.2, 0) is 19.0 Å². The van der Waals surface area contributed by atoms with Crippen molar-refractivity contribution in [1.29, 1.82) is 0 Å². The second-order valence-corrected chi connectivity index (χ2v) is 2.12. The van der Waals surface area contributed by atoms with Crippen molar-refractivity contribution in [2.24, 2.45) is 0 Å². The highest BCUT2D eigenvalue weighted by Gasteiger charge is 2.25. The molecule has 11 heavy (non-hydrogen) atoms. The standard InChI is InChI=1S/C7H14O4/c1-5(9-2)6(10-3)7(8)11-4/h5-6H,1-4H3. The molecule has 0 aliphatic rings. The van der Waals surface area contributed by atoms with Crippen molar-refractivity contribution >= 4 is 5.97 Å². The van der Waals surface area contributed by atoms with E-state index in [-0.39, 0.29) is 6.10 Å². The molecule has 0 fully saturated rings. The maximum atomic E-state index is 10.9. The van der Waals surface area contributed by atoms with E-state index in [0.717, 1.165) is 0 Å². The van der Waals surface area contributed by atoms with Gasteiger partial charge in [-0.1, -0.05) is 0 Å². The molecular weight excluding hydrogens is 148 g/mol. The summed E-state index contributed by atoms with van der Waals surface area (Å²) < 4.78 is 14.2. The molecule has 66 valence electrons. The summed E-state index contributed by atoms with van der Waals surface area (Å²) in [7, 11) is 4.27. The molecule has 0 aromatic carbocycles. The number of carbonyl (C=O) groups excluding carboxylic acids is 1. The Labute approximate surface area is 66.4 Å². The first-order valence-electron chi connectivity index (χ1n) is 3.30. The van der Waals surface area contributed by atoms with Crippen molar-refractivity contribution in [3.8, 4) is 0 Å². The van der Waals surface area contributed by atoms with Gasteiger partial charge in [-0.15, -0.1) is 0 Å². The molecule has 0 heterocycles. The van der Waals surface area contributed by atoms with Gasteiger partial charge >= 0.3 is 5.97 Å². The Morgan fingerprint density at radius 3 is 2.00 bits per heavy atom. The molecule has 0 radical (unpaired) electrons. The van der Waals surface area contributed by atoms with Gasteiger partial charge in [0.05, 0.1) is 13.2 Å². The van der Waals surface area contributed by atoms with Gasteiger partial charge in [-0.2, -0.15) is 0 Å². The number of esters is 1. The topological polar surface area (TPSA) is 44.8 Å². The summed E-state index contributed by atoms with van der Waals surface area (Å²) in [6.45, 7) is 1.74. The number of hydrogen-bond acceptors (Lipinski definition) is 4. The van der Waals surface area contributed by atoms with Crippen LogP contribution in [-0.4, -0.2) is 39.5 Å². The van der Waals surface area contributed by atoms with Crippen LogP contribution in [0.25, 0.3) is 0 Å². The fourth-order valence-corrected chi connectivity index (χ4v) is 0.719. The molecule has 0 saturated heterocycles. The highest BCUT2D eigenvalue weighted by Crippen LogP contribution is 2.02. The summed E-state index contributed by atoms with van der Waals surface area (Å²) in [6, 6.07) is 0. The second kappa shape index (κ2) is 5.09. The summed E-state index contributed by atoms with van der Waals surface area (Å²) in [5, 5.41) is 0. The van der Waals surface area contributed by atoms with E-state index < -0.39 is 12.1 Å². The summed E-state index contributed by atoms with van der Waals surface area (Å²) in [5.74, 6) is -0.415. The highest BCUT2D eigenvalue weighted by atomic mass is 16.6. The third-order valence-electron chi connectivity index (χ3n) is 1.49. The average molecular weight is 162 g/mol. The van der Waals surface area contributed by atoms with E-state index in [1.165, 1.54) is 21.3 Å². The predicted molar refractivity (Wildman–Crippen MR) is 39.3 cm³/mol. The lowest BCUT2D eigenvalue weighted by Crippen LogP contribution is -2.35. The Hall–Kier alpha value is -0.610. The van der Waals surface area contributed by atoms with Crippen LogP contribution < -0.4 is 0 Å². The van der Waals surface area contributed by atoms with Gasteiger partial charge in [-0.25, -0.2) is 4.79 Å². The first-order chi connectivity index (χ1) is 5.17. The molecule has 4 heteroatoms. The van der Waals surface area contributed by atoms with Crippen LogP contribution in [0, 0.1) is 0 Å². The van der Waals surface area contributed by atoms with E-state index >= 15 is 0 Å². The molecule has 0 spiro atoms. The Morgan fingerprint density at radius 2 is 1.73 bits per heavy atom. The van der Waals surface area contributed by atoms with Gasteiger partial charge in [0.1, 0.15) is 0 Å². The first-order valence-corrected chi connectivity index (χ1v) is 3.30. The van der Waals surface area contributed by atoms with E-state index in [1.54, 1.807) is 6.92 Å². The van der Waals surface area contributed by atoms with Gasteiger partial charge in [-0.3, -0.25) is 0 Å². The van der Waals surface area contributed by atoms with Crippen molar-refractivity contribution in [2.45, 2.75) is 19.1 Å². The van der Waals surface area contributed by atoms with Crippen LogP contribution in [0.4, 0.5) is 0 Å². The quantitative estimate of drug-likeness (QED) is 0.554. The highest BCUT2D eigenvalue weighted by molar-refractivity contribution is 5.75. The van der Waals surface area contributed by atoms with Crippen LogP contribution in [0.3, 0.4) is 0 Å². The number of ether oxygens (including phenoxy) is 3. The molecule has 0 N–H and O–H groups in total. The summed E-state index contributed by atoms with van der Waals surface area (Å²) >= 11 is 0. The van der Waals surface area contributed by atoms with Gasteiger partial charge in [0.2, 0.25) is 0 Å². The fraction of sp³-hybridized carbons (Fsp3) is 0.857. The van der Waals surface area contributed by atoms with E-state index in [2.05, 4.69) is 4.74 Å². The second-order valence-electron chi connectivity index (χ2n) is 2.12. The maximum absolute atomic E-state index is 10.9. The molecule has 4 nitrogen and oxygen atoms in total. The van der Waals surface area contributed by atoms with E-state index in [9.17, 15) is 4.79 Å². The SMILES string of the molecule is COC(=O)C(OC)C(C)OC. The lowest BCUT2D eigenvalue weighted by molar-refractivity contribution is -0.159. The molecule has 2 atom stereocenters. The molecule has 0 aliphatic heterocycles. The molecule has 0 aromatic heterocycles. The van der Waals surface area contributed by atoms with Gasteiger partial charge in [0, 0.05) is 14.2 Å². The maximum Gasteiger partial charge on any atom is 0.337 e. The number of rotatable bonds is 4.